The molecule has 2 N–H and O–H groups in total. The molecule has 1 aliphatic heterocycles. The van der Waals surface area contributed by atoms with E-state index in [1.807, 2.05) is 13.0 Å². The summed E-state index contributed by atoms with van der Waals surface area (Å²) in [4.78, 5) is 21.5. The van der Waals surface area contributed by atoms with Crippen molar-refractivity contribution < 1.29 is 9.66 Å². The Balaban J connectivity index is 1.75. The fourth-order valence-corrected chi connectivity index (χ4v) is 2.96. The molecule has 0 aliphatic carbocycles. The third kappa shape index (κ3) is 5.03. The van der Waals surface area contributed by atoms with Crippen LogP contribution in [0.1, 0.15) is 5.56 Å². The summed E-state index contributed by atoms with van der Waals surface area (Å²) in [5.74, 6) is 0.305. The van der Waals surface area contributed by atoms with E-state index in [1.165, 1.54) is 6.33 Å². The molecular formula is C17H21ClN6O3. The zero-order valence-corrected chi connectivity index (χ0v) is 15.7. The molecule has 0 radical (unpaired) electrons. The van der Waals surface area contributed by atoms with Crippen LogP contribution in [0.5, 0.6) is 0 Å². The van der Waals surface area contributed by atoms with Crippen LogP contribution < -0.4 is 10.6 Å². The molecule has 0 saturated carbocycles. The highest BCUT2D eigenvalue weighted by molar-refractivity contribution is 6.30. The zero-order chi connectivity index (χ0) is 19.2. The fraction of sp³-hybridized carbons (Fsp3) is 0.412. The van der Waals surface area contributed by atoms with Gasteiger partial charge >= 0.3 is 5.69 Å². The van der Waals surface area contributed by atoms with E-state index in [2.05, 4.69) is 25.5 Å². The molecule has 0 unspecified atom stereocenters. The highest BCUT2D eigenvalue weighted by Gasteiger charge is 2.23. The summed E-state index contributed by atoms with van der Waals surface area (Å²) in [6, 6.07) is 5.29. The summed E-state index contributed by atoms with van der Waals surface area (Å²) in [7, 11) is 0. The lowest BCUT2D eigenvalue weighted by molar-refractivity contribution is -0.383. The lowest BCUT2D eigenvalue weighted by atomic mass is 10.2. The van der Waals surface area contributed by atoms with Gasteiger partial charge in [0.2, 0.25) is 11.6 Å². The number of aryl methyl sites for hydroxylation is 1. The molecular weight excluding hydrogens is 372 g/mol. The van der Waals surface area contributed by atoms with Gasteiger partial charge in [0.15, 0.2) is 0 Å². The van der Waals surface area contributed by atoms with Crippen LogP contribution in [0.25, 0.3) is 0 Å². The molecule has 0 spiro atoms. The van der Waals surface area contributed by atoms with Gasteiger partial charge in [-0.3, -0.25) is 15.0 Å². The van der Waals surface area contributed by atoms with Crippen molar-refractivity contribution >= 4 is 34.6 Å². The number of nitrogens with zero attached hydrogens (tertiary/aromatic N) is 4. The molecule has 144 valence electrons. The highest BCUT2D eigenvalue weighted by atomic mass is 35.5. The van der Waals surface area contributed by atoms with E-state index < -0.39 is 4.92 Å². The number of nitro groups is 1. The third-order valence-corrected chi connectivity index (χ3v) is 4.52. The molecule has 10 heteroatoms. The molecule has 1 aliphatic rings. The van der Waals surface area contributed by atoms with Gasteiger partial charge in [-0.2, -0.15) is 0 Å². The van der Waals surface area contributed by atoms with E-state index >= 15 is 0 Å². The topological polar surface area (TPSA) is 105 Å². The Morgan fingerprint density at radius 3 is 2.78 bits per heavy atom. The SMILES string of the molecule is Cc1ccc(Cl)cc1Nc1ncnc(NCCN2CCOCC2)c1[N+](=O)[O-]. The van der Waals surface area contributed by atoms with Crippen molar-refractivity contribution in [3.8, 4) is 0 Å². The number of nitrogens with one attached hydrogen (secondary N) is 2. The first-order valence-corrected chi connectivity index (χ1v) is 8.99. The molecule has 0 amide bonds. The first-order chi connectivity index (χ1) is 13.0. The second kappa shape index (κ2) is 8.94. The first kappa shape index (κ1) is 19.3. The van der Waals surface area contributed by atoms with Crippen LogP contribution in [0.2, 0.25) is 5.02 Å². The average Bonchev–Trinajstić information content (AvgIpc) is 2.65. The van der Waals surface area contributed by atoms with Crippen LogP contribution in [0.15, 0.2) is 24.5 Å². The summed E-state index contributed by atoms with van der Waals surface area (Å²) in [6.45, 7) is 6.30. The fourth-order valence-electron chi connectivity index (χ4n) is 2.79. The largest absolute Gasteiger partial charge is 0.379 e. The molecule has 1 aromatic carbocycles. The Labute approximate surface area is 161 Å². The molecule has 0 atom stereocenters. The Hall–Kier alpha value is -2.49. The number of aromatic nitrogens is 2. The predicted octanol–water partition coefficient (Wildman–Crippen LogP) is 2.83. The van der Waals surface area contributed by atoms with E-state index in [9.17, 15) is 10.1 Å². The second-order valence-electron chi connectivity index (χ2n) is 6.14. The van der Waals surface area contributed by atoms with Gasteiger partial charge in [0.25, 0.3) is 0 Å². The second-order valence-corrected chi connectivity index (χ2v) is 6.58. The number of anilines is 3. The summed E-state index contributed by atoms with van der Waals surface area (Å²) in [5, 5.41) is 18.2. The third-order valence-electron chi connectivity index (χ3n) is 4.28. The van der Waals surface area contributed by atoms with Crippen molar-refractivity contribution in [1.82, 2.24) is 14.9 Å². The number of halogens is 1. The first-order valence-electron chi connectivity index (χ1n) is 8.61. The zero-order valence-electron chi connectivity index (χ0n) is 14.9. The van der Waals surface area contributed by atoms with Gasteiger partial charge in [-0.25, -0.2) is 9.97 Å². The quantitative estimate of drug-likeness (QED) is 0.547. The van der Waals surface area contributed by atoms with Crippen LogP contribution in [-0.2, 0) is 4.74 Å². The molecule has 1 fully saturated rings. The maximum Gasteiger partial charge on any atom is 0.353 e. The lowest BCUT2D eigenvalue weighted by Gasteiger charge is -2.26. The number of rotatable bonds is 7. The number of morpholine rings is 1. The van der Waals surface area contributed by atoms with E-state index in [0.717, 1.165) is 25.2 Å². The van der Waals surface area contributed by atoms with Crippen molar-refractivity contribution in [2.45, 2.75) is 6.92 Å². The molecule has 0 bridgehead atoms. The van der Waals surface area contributed by atoms with Gasteiger partial charge in [0.1, 0.15) is 6.33 Å². The van der Waals surface area contributed by atoms with Gasteiger partial charge in [-0.05, 0) is 24.6 Å². The van der Waals surface area contributed by atoms with Gasteiger partial charge in [-0.1, -0.05) is 17.7 Å². The Morgan fingerprint density at radius 2 is 2.04 bits per heavy atom. The van der Waals surface area contributed by atoms with Crippen LogP contribution in [0.4, 0.5) is 23.0 Å². The van der Waals surface area contributed by atoms with Crippen molar-refractivity contribution in [2.75, 3.05) is 50.0 Å². The minimum Gasteiger partial charge on any atom is -0.379 e. The smallest absolute Gasteiger partial charge is 0.353 e. The summed E-state index contributed by atoms with van der Waals surface area (Å²) < 4.78 is 5.32. The summed E-state index contributed by atoms with van der Waals surface area (Å²) >= 11 is 6.03. The molecule has 2 aromatic rings. The number of benzene rings is 1. The molecule has 9 nitrogen and oxygen atoms in total. The molecule has 1 saturated heterocycles. The molecule has 1 aromatic heterocycles. The molecule has 3 rings (SSSR count). The minimum atomic E-state index is -0.487. The van der Waals surface area contributed by atoms with E-state index in [0.29, 0.717) is 30.5 Å². The number of hydrogen-bond donors (Lipinski definition) is 2. The van der Waals surface area contributed by atoms with Crippen molar-refractivity contribution in [3.05, 3.63) is 45.2 Å². The summed E-state index contributed by atoms with van der Waals surface area (Å²) in [6.07, 6.45) is 1.30. The maximum absolute atomic E-state index is 11.6. The van der Waals surface area contributed by atoms with Crippen LogP contribution in [0.3, 0.4) is 0 Å². The van der Waals surface area contributed by atoms with E-state index in [-0.39, 0.29) is 17.3 Å². The van der Waals surface area contributed by atoms with Crippen LogP contribution in [-0.4, -0.2) is 59.2 Å². The van der Waals surface area contributed by atoms with E-state index in [4.69, 9.17) is 16.3 Å². The molecule has 27 heavy (non-hydrogen) atoms. The number of hydrogen-bond acceptors (Lipinski definition) is 8. The van der Waals surface area contributed by atoms with E-state index in [1.54, 1.807) is 12.1 Å². The van der Waals surface area contributed by atoms with Gasteiger partial charge in [-0.15, -0.1) is 0 Å². The normalized spacial score (nSPS) is 14.7. The van der Waals surface area contributed by atoms with Gasteiger partial charge in [0, 0.05) is 36.9 Å². The Morgan fingerprint density at radius 1 is 1.30 bits per heavy atom. The lowest BCUT2D eigenvalue weighted by Crippen LogP contribution is -2.39. The van der Waals surface area contributed by atoms with Crippen molar-refractivity contribution in [2.24, 2.45) is 0 Å². The predicted molar refractivity (Wildman–Crippen MR) is 104 cm³/mol. The van der Waals surface area contributed by atoms with Gasteiger partial charge < -0.3 is 15.4 Å². The van der Waals surface area contributed by atoms with Crippen molar-refractivity contribution in [1.29, 1.82) is 0 Å². The highest BCUT2D eigenvalue weighted by Crippen LogP contribution is 2.32. The standard InChI is InChI=1S/C17H21ClN6O3/c1-12-2-3-13(18)10-14(12)22-17-15(24(25)26)16(20-11-21-17)19-4-5-23-6-8-27-9-7-23/h2-3,10-11H,4-9H2,1H3,(H2,19,20,21,22). The Bertz CT molecular complexity index is 813. The Kier molecular flexibility index (Phi) is 6.38. The van der Waals surface area contributed by atoms with Crippen molar-refractivity contribution in [3.63, 3.8) is 0 Å². The number of ether oxygens (including phenoxy) is 1. The minimum absolute atomic E-state index is 0.120. The van der Waals surface area contributed by atoms with Gasteiger partial charge in [0.05, 0.1) is 18.1 Å². The maximum atomic E-state index is 11.6. The monoisotopic (exact) mass is 392 g/mol. The van der Waals surface area contributed by atoms with Crippen LogP contribution in [0, 0.1) is 17.0 Å². The average molecular weight is 393 g/mol. The van der Waals surface area contributed by atoms with Crippen LogP contribution >= 0.6 is 11.6 Å². The summed E-state index contributed by atoms with van der Waals surface area (Å²) in [5.41, 5.74) is 1.36. The molecule has 2 heterocycles.